The molecule has 2 fully saturated rings. The lowest BCUT2D eigenvalue weighted by atomic mass is 9.82. The van der Waals surface area contributed by atoms with Crippen molar-refractivity contribution in [1.29, 1.82) is 0 Å². The van der Waals surface area contributed by atoms with Crippen LogP contribution in [0.4, 0.5) is 0 Å². The van der Waals surface area contributed by atoms with Gasteiger partial charge >= 0.3 is 5.97 Å². The molecule has 7 heteroatoms. The summed E-state index contributed by atoms with van der Waals surface area (Å²) in [6.07, 6.45) is 9.34. The number of carboxylic acids is 1. The second kappa shape index (κ2) is 9.01. The Labute approximate surface area is 204 Å². The van der Waals surface area contributed by atoms with Crippen molar-refractivity contribution in [3.05, 3.63) is 53.2 Å². The van der Waals surface area contributed by atoms with Gasteiger partial charge in [0.2, 0.25) is 5.91 Å². The monoisotopic (exact) mass is 471 g/mol. The van der Waals surface area contributed by atoms with Crippen LogP contribution in [0, 0.1) is 18.2 Å². The van der Waals surface area contributed by atoms with Crippen LogP contribution in [0.1, 0.15) is 59.5 Å². The van der Waals surface area contributed by atoms with Gasteiger partial charge in [-0.15, -0.1) is 0 Å². The minimum Gasteiger partial charge on any atom is -0.478 e. The molecule has 0 spiro atoms. The largest absolute Gasteiger partial charge is 0.478 e. The lowest BCUT2D eigenvalue weighted by Crippen LogP contribution is -2.45. The molecule has 1 atom stereocenters. The summed E-state index contributed by atoms with van der Waals surface area (Å²) in [5.41, 5.74) is 5.29. The summed E-state index contributed by atoms with van der Waals surface area (Å²) in [6, 6.07) is 10.4. The molecule has 7 nitrogen and oxygen atoms in total. The molecule has 1 saturated heterocycles. The smallest absolute Gasteiger partial charge is 0.335 e. The van der Waals surface area contributed by atoms with E-state index in [-0.39, 0.29) is 17.4 Å². The molecule has 1 aliphatic carbocycles. The normalized spacial score (nSPS) is 20.6. The third-order valence-electron chi connectivity index (χ3n) is 7.91. The average Bonchev–Trinajstić information content (AvgIpc) is 3.11. The van der Waals surface area contributed by atoms with Crippen molar-refractivity contribution in [3.63, 3.8) is 0 Å². The van der Waals surface area contributed by atoms with Crippen molar-refractivity contribution in [1.82, 2.24) is 14.5 Å². The van der Waals surface area contributed by atoms with Crippen LogP contribution in [0.25, 0.3) is 22.3 Å². The lowest BCUT2D eigenvalue weighted by Gasteiger charge is -2.30. The Morgan fingerprint density at radius 1 is 1.11 bits per heavy atom. The van der Waals surface area contributed by atoms with Crippen LogP contribution in [-0.4, -0.2) is 57.7 Å². The second-order valence-corrected chi connectivity index (χ2v) is 9.97. The van der Waals surface area contributed by atoms with Gasteiger partial charge < -0.3 is 19.3 Å². The number of morpholine rings is 1. The first kappa shape index (κ1) is 22.1. The highest BCUT2D eigenvalue weighted by atomic mass is 16.5. The predicted molar refractivity (Wildman–Crippen MR) is 130 cm³/mol. The van der Waals surface area contributed by atoms with Gasteiger partial charge in [0.1, 0.15) is 5.69 Å². The molecule has 4 heterocycles. The molecule has 1 amide bonds. The van der Waals surface area contributed by atoms with E-state index >= 15 is 0 Å². The summed E-state index contributed by atoms with van der Waals surface area (Å²) < 4.78 is 7.65. The van der Waals surface area contributed by atoms with E-state index in [1.807, 2.05) is 17.0 Å². The van der Waals surface area contributed by atoms with E-state index in [0.717, 1.165) is 40.7 Å². The molecule has 3 aliphatic rings. The summed E-state index contributed by atoms with van der Waals surface area (Å²) in [4.78, 5) is 32.1. The van der Waals surface area contributed by atoms with E-state index in [1.165, 1.54) is 24.8 Å². The molecule has 0 bridgehead atoms. The number of carbonyl (C=O) groups is 2. The van der Waals surface area contributed by atoms with Crippen molar-refractivity contribution in [3.8, 4) is 11.4 Å². The van der Waals surface area contributed by atoms with E-state index in [1.54, 1.807) is 12.1 Å². The molecule has 180 valence electrons. The van der Waals surface area contributed by atoms with Gasteiger partial charge in [0, 0.05) is 36.7 Å². The highest BCUT2D eigenvalue weighted by Crippen LogP contribution is 2.46. The van der Waals surface area contributed by atoms with Crippen molar-refractivity contribution < 1.29 is 19.4 Å². The minimum atomic E-state index is -0.947. The van der Waals surface area contributed by atoms with Crippen LogP contribution < -0.4 is 0 Å². The fourth-order valence-electron chi connectivity index (χ4n) is 6.22. The molecule has 6 rings (SSSR count). The Morgan fingerprint density at radius 3 is 2.69 bits per heavy atom. The van der Waals surface area contributed by atoms with E-state index < -0.39 is 5.97 Å². The zero-order valence-corrected chi connectivity index (χ0v) is 19.8. The number of amides is 1. The highest BCUT2D eigenvalue weighted by Gasteiger charge is 2.35. The topological polar surface area (TPSA) is 84.7 Å². The third kappa shape index (κ3) is 3.86. The zero-order valence-electron chi connectivity index (χ0n) is 19.8. The van der Waals surface area contributed by atoms with Gasteiger partial charge in [0.25, 0.3) is 0 Å². The number of carboxylic acid groups (broad SMARTS) is 1. The third-order valence-corrected chi connectivity index (χ3v) is 7.91. The number of benzene rings is 1. The Bertz CT molecular complexity index is 1280. The predicted octanol–water partition coefficient (Wildman–Crippen LogP) is 4.08. The first-order chi connectivity index (χ1) is 17.1. The van der Waals surface area contributed by atoms with E-state index in [0.29, 0.717) is 45.2 Å². The molecule has 1 saturated carbocycles. The molecule has 2 aliphatic heterocycles. The minimum absolute atomic E-state index is 0.121. The maximum absolute atomic E-state index is 13.7. The number of rotatable bonds is 3. The van der Waals surface area contributed by atoms with Crippen LogP contribution in [0.15, 0.2) is 24.3 Å². The van der Waals surface area contributed by atoms with Crippen LogP contribution in [-0.2, 0) is 22.5 Å². The van der Waals surface area contributed by atoms with Crippen molar-refractivity contribution in [2.75, 3.05) is 26.3 Å². The number of fused-ring (bicyclic) bond motifs is 5. The van der Waals surface area contributed by atoms with Gasteiger partial charge in [0.05, 0.1) is 30.4 Å². The Kier molecular flexibility index (Phi) is 5.69. The highest BCUT2D eigenvalue weighted by molar-refractivity contribution is 5.98. The van der Waals surface area contributed by atoms with Crippen molar-refractivity contribution in [2.45, 2.75) is 51.0 Å². The molecule has 1 N–H and O–H groups in total. The van der Waals surface area contributed by atoms with Gasteiger partial charge in [-0.05, 0) is 60.6 Å². The zero-order chi connectivity index (χ0) is 23.9. The summed E-state index contributed by atoms with van der Waals surface area (Å²) in [6.45, 7) is 2.82. The van der Waals surface area contributed by atoms with E-state index in [2.05, 4.69) is 21.8 Å². The van der Waals surface area contributed by atoms with Crippen LogP contribution in [0.5, 0.6) is 0 Å². The summed E-state index contributed by atoms with van der Waals surface area (Å²) in [7, 11) is 0. The van der Waals surface area contributed by atoms with Crippen LogP contribution in [0.3, 0.4) is 0 Å². The molecule has 35 heavy (non-hydrogen) atoms. The van der Waals surface area contributed by atoms with E-state index in [4.69, 9.17) is 4.74 Å². The van der Waals surface area contributed by atoms with Gasteiger partial charge in [-0.1, -0.05) is 25.3 Å². The average molecular weight is 472 g/mol. The standard InChI is InChI=1S/C28H29N3O4/c32-27(30-11-13-35-14-12-30)21-15-19-7-4-10-29-25(19)26-24(18-5-2-1-3-6-18)22-9-8-20(28(33)34)16-23(22)31(26)17-21/h7-9,16,18,21H,1-3,5-6,11-15,17H2,(H,33,34). The number of carbonyl (C=O) groups excluding carboxylic acids is 1. The van der Waals surface area contributed by atoms with E-state index in [9.17, 15) is 14.7 Å². The number of nitrogens with zero attached hydrogens (tertiary/aromatic N) is 3. The SMILES string of the molecule is O=C(O)c1ccc2c(C3CCCCC3)c3n(c2c1)CC(C(=O)N1CCOCC1)Cc1cc#cnc1-3. The quantitative estimate of drug-likeness (QED) is 0.622. The lowest BCUT2D eigenvalue weighted by molar-refractivity contribution is -0.140. The van der Waals surface area contributed by atoms with Crippen LogP contribution in [0.2, 0.25) is 0 Å². The number of aromatic carboxylic acids is 1. The summed E-state index contributed by atoms with van der Waals surface area (Å²) in [5.74, 6) is -0.703. The van der Waals surface area contributed by atoms with Gasteiger partial charge in [0.15, 0.2) is 0 Å². The molecular weight excluding hydrogens is 442 g/mol. The number of hydrogen-bond donors (Lipinski definition) is 1. The first-order valence-electron chi connectivity index (χ1n) is 12.7. The van der Waals surface area contributed by atoms with Crippen molar-refractivity contribution in [2.24, 2.45) is 5.92 Å². The molecule has 1 aromatic carbocycles. The fourth-order valence-corrected chi connectivity index (χ4v) is 6.22. The molecular formula is C28H29N3O4. The summed E-state index contributed by atoms with van der Waals surface area (Å²) >= 11 is 0. The first-order valence-corrected chi connectivity index (χ1v) is 12.7. The molecule has 2 aromatic heterocycles. The van der Waals surface area contributed by atoms with Crippen LogP contribution >= 0.6 is 0 Å². The fraction of sp³-hybridized carbons (Fsp3) is 0.464. The maximum atomic E-state index is 13.7. The van der Waals surface area contributed by atoms with Gasteiger partial charge in [-0.25, -0.2) is 4.79 Å². The number of aromatic nitrogens is 2. The molecule has 3 aromatic rings. The number of ether oxygens (including phenoxy) is 1. The van der Waals surface area contributed by atoms with Gasteiger partial charge in [-0.3, -0.25) is 4.79 Å². The Morgan fingerprint density at radius 2 is 1.91 bits per heavy atom. The van der Waals surface area contributed by atoms with Crippen molar-refractivity contribution >= 4 is 22.8 Å². The summed E-state index contributed by atoms with van der Waals surface area (Å²) in [5, 5.41) is 10.8. The Hall–Kier alpha value is -3.37. The number of hydrogen-bond acceptors (Lipinski definition) is 4. The maximum Gasteiger partial charge on any atom is 0.335 e. The van der Waals surface area contributed by atoms with Gasteiger partial charge in [-0.2, -0.15) is 4.98 Å². The molecule has 1 unspecified atom stereocenters. The Balaban J connectivity index is 1.56. The second-order valence-electron chi connectivity index (χ2n) is 9.97. The molecule has 0 radical (unpaired) electrons.